The summed E-state index contributed by atoms with van der Waals surface area (Å²) in [5.74, 6) is -0.176. The first-order valence-electron chi connectivity index (χ1n) is 5.24. The molecule has 0 amide bonds. The second-order valence-electron chi connectivity index (χ2n) is 4.11. The van der Waals surface area contributed by atoms with Crippen LogP contribution in [0.25, 0.3) is 0 Å². The van der Waals surface area contributed by atoms with Gasteiger partial charge in [-0.1, -0.05) is 0 Å². The van der Waals surface area contributed by atoms with Gasteiger partial charge in [0.2, 0.25) is 0 Å². The van der Waals surface area contributed by atoms with E-state index >= 15 is 0 Å². The first-order valence-corrected chi connectivity index (χ1v) is 5.24. The molecule has 1 fully saturated rings. The Morgan fingerprint density at radius 2 is 1.76 bits per heavy atom. The third-order valence-electron chi connectivity index (χ3n) is 3.18. The normalized spacial score (nSPS) is 16.4. The van der Waals surface area contributed by atoms with Gasteiger partial charge in [0.25, 0.3) is 0 Å². The van der Waals surface area contributed by atoms with Crippen LogP contribution in [0.3, 0.4) is 0 Å². The number of carbonyl (C=O) groups is 1. The predicted octanol–water partition coefficient (Wildman–Crippen LogP) is 1.53. The van der Waals surface area contributed by atoms with Crippen LogP contribution in [-0.4, -0.2) is 30.4 Å². The van der Waals surface area contributed by atoms with Crippen molar-refractivity contribution >= 4 is 5.97 Å². The Kier molecular flexibility index (Phi) is 2.61. The van der Waals surface area contributed by atoms with Crippen LogP contribution in [0.15, 0.2) is 12.1 Å². The monoisotopic (exact) mass is 238 g/mol. The zero-order chi connectivity index (χ0) is 12.6. The van der Waals surface area contributed by atoms with E-state index in [1.165, 1.54) is 26.4 Å². The minimum absolute atomic E-state index is 0.0671. The average molecular weight is 238 g/mol. The molecular weight excluding hydrogens is 224 g/mol. The number of phenolic OH excluding ortho intramolecular Hbond substituents is 1. The van der Waals surface area contributed by atoms with Crippen molar-refractivity contribution in [3.8, 4) is 17.2 Å². The van der Waals surface area contributed by atoms with E-state index in [0.29, 0.717) is 29.9 Å². The molecule has 2 rings (SSSR count). The lowest BCUT2D eigenvalue weighted by atomic mass is 9.94. The van der Waals surface area contributed by atoms with Gasteiger partial charge in [0.15, 0.2) is 11.5 Å². The van der Waals surface area contributed by atoms with Gasteiger partial charge in [-0.2, -0.15) is 0 Å². The van der Waals surface area contributed by atoms with Gasteiger partial charge in [0, 0.05) is 11.6 Å². The first kappa shape index (κ1) is 11.6. The minimum Gasteiger partial charge on any atom is -0.507 e. The molecular formula is C12H14O5. The van der Waals surface area contributed by atoms with Gasteiger partial charge in [-0.15, -0.1) is 0 Å². The summed E-state index contributed by atoms with van der Waals surface area (Å²) in [6.45, 7) is 0. The summed E-state index contributed by atoms with van der Waals surface area (Å²) in [7, 11) is 2.93. The van der Waals surface area contributed by atoms with Crippen molar-refractivity contribution in [3.05, 3.63) is 17.7 Å². The summed E-state index contributed by atoms with van der Waals surface area (Å²) in [6, 6.07) is 2.92. The Labute approximate surface area is 98.6 Å². The topological polar surface area (TPSA) is 76.0 Å². The molecule has 1 aliphatic carbocycles. The van der Waals surface area contributed by atoms with Crippen molar-refractivity contribution in [1.82, 2.24) is 0 Å². The Morgan fingerprint density at radius 3 is 2.18 bits per heavy atom. The smallest absolute Gasteiger partial charge is 0.314 e. The number of methoxy groups -OCH3 is 2. The highest BCUT2D eigenvalue weighted by Gasteiger charge is 2.53. The summed E-state index contributed by atoms with van der Waals surface area (Å²) in [5, 5.41) is 19.1. The highest BCUT2D eigenvalue weighted by atomic mass is 16.5. The molecule has 0 heterocycles. The second kappa shape index (κ2) is 3.84. The highest BCUT2D eigenvalue weighted by molar-refractivity contribution is 5.86. The molecule has 0 radical (unpaired) electrons. The van der Waals surface area contributed by atoms with E-state index in [-0.39, 0.29) is 5.75 Å². The SMILES string of the molecule is COc1cc(O)c(C2(C(=O)O)CC2)cc1OC. The molecule has 1 aliphatic rings. The number of aliphatic carboxylic acids is 1. The van der Waals surface area contributed by atoms with Gasteiger partial charge in [0.1, 0.15) is 5.75 Å². The van der Waals surface area contributed by atoms with E-state index in [0.717, 1.165) is 0 Å². The lowest BCUT2D eigenvalue weighted by molar-refractivity contribution is -0.140. The fraction of sp³-hybridized carbons (Fsp3) is 0.417. The van der Waals surface area contributed by atoms with Gasteiger partial charge < -0.3 is 19.7 Å². The molecule has 0 aliphatic heterocycles. The largest absolute Gasteiger partial charge is 0.507 e. The number of carboxylic acids is 1. The van der Waals surface area contributed by atoms with E-state index in [1.54, 1.807) is 0 Å². The maximum absolute atomic E-state index is 11.2. The third-order valence-corrected chi connectivity index (χ3v) is 3.18. The van der Waals surface area contributed by atoms with E-state index < -0.39 is 11.4 Å². The minimum atomic E-state index is -0.955. The number of aromatic hydroxyl groups is 1. The quantitative estimate of drug-likeness (QED) is 0.831. The van der Waals surface area contributed by atoms with Crippen molar-refractivity contribution < 1.29 is 24.5 Å². The Bertz CT molecular complexity index is 462. The molecule has 0 aromatic heterocycles. The van der Waals surface area contributed by atoms with Crippen molar-refractivity contribution in [2.75, 3.05) is 14.2 Å². The first-order chi connectivity index (χ1) is 8.05. The van der Waals surface area contributed by atoms with Crippen LogP contribution in [0.5, 0.6) is 17.2 Å². The van der Waals surface area contributed by atoms with Crippen molar-refractivity contribution in [2.45, 2.75) is 18.3 Å². The Hall–Kier alpha value is -1.91. The number of ether oxygens (including phenoxy) is 2. The van der Waals surface area contributed by atoms with Crippen molar-refractivity contribution in [3.63, 3.8) is 0 Å². The maximum Gasteiger partial charge on any atom is 0.314 e. The Morgan fingerprint density at radius 1 is 1.24 bits per heavy atom. The second-order valence-corrected chi connectivity index (χ2v) is 4.11. The molecule has 2 N–H and O–H groups in total. The molecule has 5 nitrogen and oxygen atoms in total. The Balaban J connectivity index is 2.52. The number of benzene rings is 1. The molecule has 1 aromatic carbocycles. The molecule has 1 saturated carbocycles. The van der Waals surface area contributed by atoms with Crippen LogP contribution in [0.2, 0.25) is 0 Å². The van der Waals surface area contributed by atoms with Crippen molar-refractivity contribution in [2.24, 2.45) is 0 Å². The third kappa shape index (κ3) is 1.67. The van der Waals surface area contributed by atoms with Crippen LogP contribution in [0, 0.1) is 0 Å². The molecule has 92 valence electrons. The van der Waals surface area contributed by atoms with E-state index in [4.69, 9.17) is 9.47 Å². The van der Waals surface area contributed by atoms with Gasteiger partial charge >= 0.3 is 5.97 Å². The lowest BCUT2D eigenvalue weighted by Crippen LogP contribution is -2.19. The molecule has 0 saturated heterocycles. The van der Waals surface area contributed by atoms with E-state index in [9.17, 15) is 15.0 Å². The molecule has 0 atom stereocenters. The zero-order valence-electron chi connectivity index (χ0n) is 9.69. The summed E-state index contributed by atoms with van der Waals surface area (Å²) >= 11 is 0. The molecule has 5 heteroatoms. The van der Waals surface area contributed by atoms with Gasteiger partial charge in [0.05, 0.1) is 19.6 Å². The molecule has 1 aromatic rings. The number of hydrogen-bond donors (Lipinski definition) is 2. The lowest BCUT2D eigenvalue weighted by Gasteiger charge is -2.15. The zero-order valence-corrected chi connectivity index (χ0v) is 9.69. The van der Waals surface area contributed by atoms with E-state index in [2.05, 4.69) is 0 Å². The molecule has 0 spiro atoms. The summed E-state index contributed by atoms with van der Waals surface area (Å²) < 4.78 is 10.1. The van der Waals surface area contributed by atoms with Crippen molar-refractivity contribution in [1.29, 1.82) is 0 Å². The predicted molar refractivity (Wildman–Crippen MR) is 59.8 cm³/mol. The summed E-state index contributed by atoms with van der Waals surface area (Å²) in [4.78, 5) is 11.2. The summed E-state index contributed by atoms with van der Waals surface area (Å²) in [6.07, 6.45) is 1.07. The number of rotatable bonds is 4. The maximum atomic E-state index is 11.2. The number of phenols is 1. The van der Waals surface area contributed by atoms with E-state index in [1.807, 2.05) is 0 Å². The van der Waals surface area contributed by atoms with Crippen LogP contribution in [-0.2, 0) is 10.2 Å². The van der Waals surface area contributed by atoms with Gasteiger partial charge in [-0.3, -0.25) is 4.79 Å². The summed E-state index contributed by atoms with van der Waals surface area (Å²) in [5.41, 5.74) is -0.563. The van der Waals surface area contributed by atoms with Gasteiger partial charge in [-0.25, -0.2) is 0 Å². The molecule has 0 unspecified atom stereocenters. The number of carboxylic acid groups (broad SMARTS) is 1. The molecule has 17 heavy (non-hydrogen) atoms. The van der Waals surface area contributed by atoms with Crippen LogP contribution in [0.1, 0.15) is 18.4 Å². The van der Waals surface area contributed by atoms with Crippen LogP contribution < -0.4 is 9.47 Å². The number of hydrogen-bond acceptors (Lipinski definition) is 4. The highest BCUT2D eigenvalue weighted by Crippen LogP contribution is 2.53. The molecule has 0 bridgehead atoms. The fourth-order valence-electron chi connectivity index (χ4n) is 1.97. The average Bonchev–Trinajstić information content (AvgIpc) is 3.09. The van der Waals surface area contributed by atoms with Crippen LogP contribution >= 0.6 is 0 Å². The van der Waals surface area contributed by atoms with Gasteiger partial charge in [-0.05, 0) is 18.9 Å². The standard InChI is InChI=1S/C12H14O5/c1-16-9-5-7(8(13)6-10(9)17-2)12(3-4-12)11(14)15/h5-6,13H,3-4H2,1-2H3,(H,14,15). The fourth-order valence-corrected chi connectivity index (χ4v) is 1.97. The van der Waals surface area contributed by atoms with Crippen LogP contribution in [0.4, 0.5) is 0 Å².